The lowest BCUT2D eigenvalue weighted by Crippen LogP contribution is -2.22. The van der Waals surface area contributed by atoms with E-state index in [-0.39, 0.29) is 0 Å². The molecule has 2 N–H and O–H groups in total. The lowest BCUT2D eigenvalue weighted by atomic mass is 10.3. The quantitative estimate of drug-likeness (QED) is 0.705. The summed E-state index contributed by atoms with van der Waals surface area (Å²) in [6.07, 6.45) is 0. The molecule has 0 saturated carbocycles. The van der Waals surface area contributed by atoms with E-state index in [9.17, 15) is 0 Å². The van der Waals surface area contributed by atoms with Crippen LogP contribution >= 0.6 is 0 Å². The number of nitrogens with zero attached hydrogens (tertiary/aromatic N) is 3. The second-order valence-electron chi connectivity index (χ2n) is 3.35. The second kappa shape index (κ2) is 4.23. The third-order valence-electron chi connectivity index (χ3n) is 1.82. The van der Waals surface area contributed by atoms with Crippen molar-refractivity contribution in [1.82, 2.24) is 15.0 Å². The zero-order chi connectivity index (χ0) is 10.7. The SMILES string of the molecule is CNc1nc(C)nc(NN(C)C)c1C. The summed E-state index contributed by atoms with van der Waals surface area (Å²) in [6, 6.07) is 0. The fourth-order valence-electron chi connectivity index (χ4n) is 1.19. The van der Waals surface area contributed by atoms with Crippen LogP contribution in [0.1, 0.15) is 11.4 Å². The molecule has 5 nitrogen and oxygen atoms in total. The van der Waals surface area contributed by atoms with Crippen LogP contribution in [-0.2, 0) is 0 Å². The van der Waals surface area contributed by atoms with Crippen LogP contribution in [0.3, 0.4) is 0 Å². The summed E-state index contributed by atoms with van der Waals surface area (Å²) >= 11 is 0. The molecule has 0 radical (unpaired) electrons. The molecule has 1 aromatic rings. The lowest BCUT2D eigenvalue weighted by molar-refractivity contribution is 0.491. The highest BCUT2D eigenvalue weighted by Crippen LogP contribution is 2.18. The number of rotatable bonds is 3. The van der Waals surface area contributed by atoms with E-state index in [0.29, 0.717) is 0 Å². The molecular formula is C9H17N5. The maximum Gasteiger partial charge on any atom is 0.149 e. The van der Waals surface area contributed by atoms with Crippen LogP contribution in [0.2, 0.25) is 0 Å². The number of aryl methyl sites for hydroxylation is 1. The van der Waals surface area contributed by atoms with Crippen LogP contribution < -0.4 is 10.7 Å². The Morgan fingerprint density at radius 1 is 1.07 bits per heavy atom. The van der Waals surface area contributed by atoms with Gasteiger partial charge in [0.15, 0.2) is 0 Å². The molecule has 0 aliphatic rings. The van der Waals surface area contributed by atoms with Crippen LogP contribution in [-0.4, -0.2) is 36.1 Å². The van der Waals surface area contributed by atoms with Gasteiger partial charge in [0.1, 0.15) is 17.5 Å². The van der Waals surface area contributed by atoms with Gasteiger partial charge in [0.05, 0.1) is 0 Å². The topological polar surface area (TPSA) is 53.1 Å². The third-order valence-corrected chi connectivity index (χ3v) is 1.82. The summed E-state index contributed by atoms with van der Waals surface area (Å²) in [7, 11) is 5.71. The molecule has 78 valence electrons. The van der Waals surface area contributed by atoms with E-state index < -0.39 is 0 Å². The molecule has 0 aromatic carbocycles. The zero-order valence-electron chi connectivity index (χ0n) is 9.34. The first-order chi connectivity index (χ1) is 6.54. The third kappa shape index (κ3) is 2.32. The van der Waals surface area contributed by atoms with E-state index in [4.69, 9.17) is 0 Å². The minimum atomic E-state index is 0.754. The average Bonchev–Trinajstić information content (AvgIpc) is 2.09. The first-order valence-electron chi connectivity index (χ1n) is 4.51. The average molecular weight is 195 g/mol. The van der Waals surface area contributed by atoms with Crippen LogP contribution in [0.4, 0.5) is 11.6 Å². The summed E-state index contributed by atoms with van der Waals surface area (Å²) in [5.41, 5.74) is 4.15. The van der Waals surface area contributed by atoms with E-state index in [1.807, 2.05) is 40.0 Å². The summed E-state index contributed by atoms with van der Waals surface area (Å²) in [5.74, 6) is 2.46. The fraction of sp³-hybridized carbons (Fsp3) is 0.556. The number of hydrogen-bond acceptors (Lipinski definition) is 5. The van der Waals surface area contributed by atoms with Gasteiger partial charge < -0.3 is 10.7 Å². The van der Waals surface area contributed by atoms with Gasteiger partial charge in [-0.3, -0.25) is 0 Å². The van der Waals surface area contributed by atoms with Gasteiger partial charge in [0.25, 0.3) is 0 Å². The summed E-state index contributed by atoms with van der Waals surface area (Å²) in [6.45, 7) is 3.86. The molecule has 0 fully saturated rings. The largest absolute Gasteiger partial charge is 0.373 e. The molecule has 1 aromatic heterocycles. The highest BCUT2D eigenvalue weighted by Gasteiger charge is 2.07. The molecule has 0 aliphatic heterocycles. The highest BCUT2D eigenvalue weighted by molar-refractivity contribution is 5.56. The van der Waals surface area contributed by atoms with Crippen molar-refractivity contribution < 1.29 is 0 Å². The van der Waals surface area contributed by atoms with Crippen molar-refractivity contribution in [1.29, 1.82) is 0 Å². The minimum Gasteiger partial charge on any atom is -0.373 e. The lowest BCUT2D eigenvalue weighted by Gasteiger charge is -2.16. The predicted molar refractivity (Wildman–Crippen MR) is 58.4 cm³/mol. The maximum atomic E-state index is 4.32. The van der Waals surface area contributed by atoms with Gasteiger partial charge in [-0.15, -0.1) is 0 Å². The smallest absolute Gasteiger partial charge is 0.149 e. The Labute approximate surface area is 84.5 Å². The number of nitrogens with one attached hydrogen (secondary N) is 2. The Morgan fingerprint density at radius 3 is 2.14 bits per heavy atom. The molecule has 0 aliphatic carbocycles. The molecule has 5 heteroatoms. The van der Waals surface area contributed by atoms with E-state index in [1.165, 1.54) is 0 Å². The summed E-state index contributed by atoms with van der Waals surface area (Å²) < 4.78 is 0. The van der Waals surface area contributed by atoms with Crippen molar-refractivity contribution in [3.8, 4) is 0 Å². The molecule has 0 atom stereocenters. The van der Waals surface area contributed by atoms with Crippen molar-refractivity contribution in [3.05, 3.63) is 11.4 Å². The molecule has 1 heterocycles. The molecule has 14 heavy (non-hydrogen) atoms. The van der Waals surface area contributed by atoms with Crippen LogP contribution in [0, 0.1) is 13.8 Å². The summed E-state index contributed by atoms with van der Waals surface area (Å²) in [5, 5.41) is 4.90. The first-order valence-corrected chi connectivity index (χ1v) is 4.51. The normalized spacial score (nSPS) is 10.4. The second-order valence-corrected chi connectivity index (χ2v) is 3.35. The molecule has 0 unspecified atom stereocenters. The Hall–Kier alpha value is -1.36. The van der Waals surface area contributed by atoms with E-state index in [2.05, 4.69) is 20.7 Å². The van der Waals surface area contributed by atoms with Gasteiger partial charge in [-0.05, 0) is 13.8 Å². The van der Waals surface area contributed by atoms with Crippen molar-refractivity contribution in [2.24, 2.45) is 0 Å². The van der Waals surface area contributed by atoms with Crippen molar-refractivity contribution >= 4 is 11.6 Å². The number of hydrazine groups is 1. The predicted octanol–water partition coefficient (Wildman–Crippen LogP) is 1.02. The fourth-order valence-corrected chi connectivity index (χ4v) is 1.19. The standard InChI is InChI=1S/C9H17N5/c1-6-8(10-3)11-7(2)12-9(6)13-14(4)5/h1-5H3,(H2,10,11,12,13). The molecule has 0 saturated heterocycles. The highest BCUT2D eigenvalue weighted by atomic mass is 15.5. The number of hydrogen-bond donors (Lipinski definition) is 2. The number of aromatic nitrogens is 2. The van der Waals surface area contributed by atoms with Gasteiger partial charge in [0, 0.05) is 26.7 Å². The molecule has 0 spiro atoms. The molecule has 0 bridgehead atoms. The molecule has 0 amide bonds. The minimum absolute atomic E-state index is 0.754. The Kier molecular flexibility index (Phi) is 3.24. The van der Waals surface area contributed by atoms with Gasteiger partial charge in [-0.25, -0.2) is 15.0 Å². The van der Waals surface area contributed by atoms with E-state index >= 15 is 0 Å². The number of anilines is 2. The van der Waals surface area contributed by atoms with Crippen molar-refractivity contribution in [3.63, 3.8) is 0 Å². The van der Waals surface area contributed by atoms with Gasteiger partial charge in [-0.2, -0.15) is 0 Å². The van der Waals surface area contributed by atoms with Crippen molar-refractivity contribution in [2.75, 3.05) is 31.9 Å². The zero-order valence-corrected chi connectivity index (χ0v) is 9.34. The first kappa shape index (κ1) is 10.7. The van der Waals surface area contributed by atoms with E-state index in [1.54, 1.807) is 0 Å². The monoisotopic (exact) mass is 195 g/mol. The van der Waals surface area contributed by atoms with Gasteiger partial charge in [-0.1, -0.05) is 0 Å². The molecular weight excluding hydrogens is 178 g/mol. The Balaban J connectivity index is 3.08. The molecule has 1 rings (SSSR count). The van der Waals surface area contributed by atoms with Crippen molar-refractivity contribution in [2.45, 2.75) is 13.8 Å². The Morgan fingerprint density at radius 2 is 1.64 bits per heavy atom. The van der Waals surface area contributed by atoms with Crippen LogP contribution in [0.15, 0.2) is 0 Å². The van der Waals surface area contributed by atoms with Gasteiger partial charge >= 0.3 is 0 Å². The Bertz CT molecular complexity index is 321. The van der Waals surface area contributed by atoms with E-state index in [0.717, 1.165) is 23.0 Å². The van der Waals surface area contributed by atoms with Gasteiger partial charge in [0.2, 0.25) is 0 Å². The summed E-state index contributed by atoms with van der Waals surface area (Å²) in [4.78, 5) is 8.60. The van der Waals surface area contributed by atoms with Crippen LogP contribution in [0.25, 0.3) is 0 Å². The maximum absolute atomic E-state index is 4.32. The van der Waals surface area contributed by atoms with Crippen LogP contribution in [0.5, 0.6) is 0 Å².